The maximum atomic E-state index is 4.40. The van der Waals surface area contributed by atoms with E-state index < -0.39 is 0 Å². The molecule has 74 valence electrons. The van der Waals surface area contributed by atoms with Crippen LogP contribution in [0.4, 0.5) is 0 Å². The average Bonchev–Trinajstić information content (AvgIpc) is 2.53. The van der Waals surface area contributed by atoms with Crippen LogP contribution < -0.4 is 5.32 Å². The zero-order valence-electron chi connectivity index (χ0n) is 8.58. The fourth-order valence-corrected chi connectivity index (χ4v) is 2.33. The molecule has 2 aliphatic rings. The number of rotatable bonds is 2. The first-order valence-electron chi connectivity index (χ1n) is 5.25. The van der Waals surface area contributed by atoms with Crippen molar-refractivity contribution in [3.63, 3.8) is 0 Å². The van der Waals surface area contributed by atoms with E-state index in [1.165, 1.54) is 19.4 Å². The van der Waals surface area contributed by atoms with E-state index in [9.17, 15) is 0 Å². The summed E-state index contributed by atoms with van der Waals surface area (Å²) in [5.41, 5.74) is 0. The molecule has 0 radical (unpaired) electrons. The number of nitrogens with one attached hydrogen (secondary N) is 1. The van der Waals surface area contributed by atoms with E-state index in [2.05, 4.69) is 29.2 Å². The Labute approximate surface area is 80.2 Å². The maximum Gasteiger partial charge on any atom is 0.193 e. The summed E-state index contributed by atoms with van der Waals surface area (Å²) in [5.74, 6) is 2.96. The molecular formula is C10H19N3. The van der Waals surface area contributed by atoms with E-state index in [0.29, 0.717) is 0 Å². The van der Waals surface area contributed by atoms with Gasteiger partial charge in [0.15, 0.2) is 5.96 Å². The van der Waals surface area contributed by atoms with Crippen molar-refractivity contribution in [3.05, 3.63) is 0 Å². The first-order chi connectivity index (χ1) is 6.25. The molecule has 0 aromatic rings. The summed E-state index contributed by atoms with van der Waals surface area (Å²) in [7, 11) is 2.14. The van der Waals surface area contributed by atoms with Gasteiger partial charge < -0.3 is 10.2 Å². The lowest BCUT2D eigenvalue weighted by molar-refractivity contribution is 0.180. The van der Waals surface area contributed by atoms with Crippen LogP contribution in [-0.4, -0.2) is 37.5 Å². The molecule has 1 N–H and O–H groups in total. The van der Waals surface area contributed by atoms with Gasteiger partial charge >= 0.3 is 0 Å². The van der Waals surface area contributed by atoms with Crippen molar-refractivity contribution in [2.75, 3.05) is 26.7 Å². The van der Waals surface area contributed by atoms with E-state index in [1.54, 1.807) is 0 Å². The van der Waals surface area contributed by atoms with Crippen LogP contribution in [0.25, 0.3) is 0 Å². The molecule has 1 fully saturated rings. The molecule has 0 aromatic heterocycles. The van der Waals surface area contributed by atoms with Crippen molar-refractivity contribution in [1.29, 1.82) is 0 Å². The molecule has 3 heteroatoms. The Hall–Kier alpha value is -0.730. The minimum Gasteiger partial charge on any atom is -0.354 e. The van der Waals surface area contributed by atoms with Crippen molar-refractivity contribution in [3.8, 4) is 0 Å². The molecule has 1 aliphatic carbocycles. The molecule has 2 rings (SSSR count). The summed E-state index contributed by atoms with van der Waals surface area (Å²) >= 11 is 0. The third kappa shape index (κ3) is 1.95. The quantitative estimate of drug-likeness (QED) is 0.686. The monoisotopic (exact) mass is 181 g/mol. The van der Waals surface area contributed by atoms with Gasteiger partial charge in [-0.25, -0.2) is 0 Å². The van der Waals surface area contributed by atoms with Crippen LogP contribution in [0.5, 0.6) is 0 Å². The van der Waals surface area contributed by atoms with E-state index in [0.717, 1.165) is 30.9 Å². The number of hydrogen-bond acceptors (Lipinski definition) is 3. The zero-order chi connectivity index (χ0) is 9.26. The van der Waals surface area contributed by atoms with Gasteiger partial charge in [0.25, 0.3) is 0 Å². The molecule has 1 saturated carbocycles. The van der Waals surface area contributed by atoms with Gasteiger partial charge in [0.05, 0.1) is 6.54 Å². The smallest absolute Gasteiger partial charge is 0.193 e. The van der Waals surface area contributed by atoms with Crippen LogP contribution in [0.15, 0.2) is 4.99 Å². The van der Waals surface area contributed by atoms with Crippen molar-refractivity contribution in [2.24, 2.45) is 16.8 Å². The number of hydrogen-bond donors (Lipinski definition) is 1. The molecule has 0 atom stereocenters. The Morgan fingerprint density at radius 1 is 1.54 bits per heavy atom. The standard InChI is InChI=1S/C10H19N3/c1-8-5-9(6-8)7-13(2)10-11-3-4-12-10/h8-9H,3-7H2,1-2H3,(H,11,12). The summed E-state index contributed by atoms with van der Waals surface area (Å²) in [6, 6.07) is 0. The summed E-state index contributed by atoms with van der Waals surface area (Å²) in [5, 5.41) is 3.30. The molecule has 1 aliphatic heterocycles. The second-order valence-electron chi connectivity index (χ2n) is 4.46. The van der Waals surface area contributed by atoms with Gasteiger partial charge in [-0.1, -0.05) is 6.92 Å². The first kappa shape index (κ1) is 8.85. The van der Waals surface area contributed by atoms with Crippen molar-refractivity contribution in [2.45, 2.75) is 19.8 Å². The summed E-state index contributed by atoms with van der Waals surface area (Å²) < 4.78 is 0. The molecule has 13 heavy (non-hydrogen) atoms. The zero-order valence-corrected chi connectivity index (χ0v) is 8.58. The third-order valence-corrected chi connectivity index (χ3v) is 3.02. The minimum atomic E-state index is 0.907. The normalized spacial score (nSPS) is 32.0. The lowest BCUT2D eigenvalue weighted by Gasteiger charge is -2.36. The van der Waals surface area contributed by atoms with Gasteiger partial charge in [-0.3, -0.25) is 4.99 Å². The van der Waals surface area contributed by atoms with Crippen LogP contribution in [0.1, 0.15) is 19.8 Å². The van der Waals surface area contributed by atoms with Gasteiger partial charge in [0.1, 0.15) is 0 Å². The van der Waals surface area contributed by atoms with Gasteiger partial charge in [0.2, 0.25) is 0 Å². The predicted octanol–water partition coefficient (Wildman–Crippen LogP) is 0.923. The van der Waals surface area contributed by atoms with E-state index >= 15 is 0 Å². The second-order valence-corrected chi connectivity index (χ2v) is 4.46. The van der Waals surface area contributed by atoms with Crippen LogP contribution in [0, 0.1) is 11.8 Å². The minimum absolute atomic E-state index is 0.907. The van der Waals surface area contributed by atoms with E-state index in [1.807, 2.05) is 0 Å². The molecule has 1 heterocycles. The molecule has 0 amide bonds. The molecule has 0 spiro atoms. The Kier molecular flexibility index (Phi) is 2.42. The number of nitrogens with zero attached hydrogens (tertiary/aromatic N) is 2. The Morgan fingerprint density at radius 3 is 2.85 bits per heavy atom. The maximum absolute atomic E-state index is 4.40. The topological polar surface area (TPSA) is 27.6 Å². The van der Waals surface area contributed by atoms with E-state index in [4.69, 9.17) is 0 Å². The highest BCUT2D eigenvalue weighted by molar-refractivity contribution is 5.81. The molecule has 3 nitrogen and oxygen atoms in total. The Bertz CT molecular complexity index is 206. The Morgan fingerprint density at radius 2 is 2.31 bits per heavy atom. The van der Waals surface area contributed by atoms with Gasteiger partial charge in [-0.05, 0) is 24.7 Å². The number of guanidine groups is 1. The van der Waals surface area contributed by atoms with Crippen LogP contribution in [-0.2, 0) is 0 Å². The Balaban J connectivity index is 1.75. The van der Waals surface area contributed by atoms with E-state index in [-0.39, 0.29) is 0 Å². The lowest BCUT2D eigenvalue weighted by Crippen LogP contribution is -2.41. The summed E-state index contributed by atoms with van der Waals surface area (Å²) in [6.07, 6.45) is 2.80. The number of aliphatic imine (C=N–C) groups is 1. The average molecular weight is 181 g/mol. The van der Waals surface area contributed by atoms with Gasteiger partial charge in [-0.2, -0.15) is 0 Å². The first-order valence-corrected chi connectivity index (χ1v) is 5.25. The highest BCUT2D eigenvalue weighted by atomic mass is 15.3. The van der Waals surface area contributed by atoms with Crippen LogP contribution in [0.2, 0.25) is 0 Å². The van der Waals surface area contributed by atoms with Gasteiger partial charge in [-0.15, -0.1) is 0 Å². The largest absolute Gasteiger partial charge is 0.354 e. The van der Waals surface area contributed by atoms with Gasteiger partial charge in [0, 0.05) is 20.1 Å². The fraction of sp³-hybridized carbons (Fsp3) is 0.900. The van der Waals surface area contributed by atoms with Crippen LogP contribution >= 0.6 is 0 Å². The van der Waals surface area contributed by atoms with Crippen molar-refractivity contribution >= 4 is 5.96 Å². The lowest BCUT2D eigenvalue weighted by atomic mass is 9.76. The summed E-state index contributed by atoms with van der Waals surface area (Å²) in [6.45, 7) is 5.47. The summed E-state index contributed by atoms with van der Waals surface area (Å²) in [4.78, 5) is 6.66. The highest BCUT2D eigenvalue weighted by Crippen LogP contribution is 2.33. The van der Waals surface area contributed by atoms with Crippen molar-refractivity contribution < 1.29 is 0 Å². The highest BCUT2D eigenvalue weighted by Gasteiger charge is 2.27. The molecule has 0 bridgehead atoms. The molecule has 0 saturated heterocycles. The molecule has 0 aromatic carbocycles. The SMILES string of the molecule is CC1CC(CN(C)C2=NCCN2)C1. The second kappa shape index (κ2) is 3.56. The molecule has 0 unspecified atom stereocenters. The predicted molar refractivity (Wildman–Crippen MR) is 54.8 cm³/mol. The van der Waals surface area contributed by atoms with Crippen LogP contribution in [0.3, 0.4) is 0 Å². The van der Waals surface area contributed by atoms with Crippen molar-refractivity contribution in [1.82, 2.24) is 10.2 Å². The third-order valence-electron chi connectivity index (χ3n) is 3.02. The fourth-order valence-electron chi connectivity index (χ4n) is 2.33. The molecular weight excluding hydrogens is 162 g/mol.